The summed E-state index contributed by atoms with van der Waals surface area (Å²) in [5, 5.41) is 63.6. The molecule has 8 N–H and O–H groups in total. The van der Waals surface area contributed by atoms with Gasteiger partial charge >= 0.3 is 0 Å². The lowest BCUT2D eigenvalue weighted by Gasteiger charge is -2.24. The van der Waals surface area contributed by atoms with E-state index in [1.807, 2.05) is 0 Å². The molecule has 23 heavy (non-hydrogen) atoms. The van der Waals surface area contributed by atoms with Gasteiger partial charge in [0, 0.05) is 12.6 Å². The van der Waals surface area contributed by atoms with Gasteiger partial charge in [-0.1, -0.05) is 0 Å². The maximum absolute atomic E-state index is 10.5. The second-order valence-electron chi connectivity index (χ2n) is 4.71. The average molecular weight is 333 g/mol. The standard InChI is InChI=1S/C8H9NO2.C6H14O6/c1-6(10)9-7-2-4-8(11)5-3-7;7-1-3(9)5(11)6(12)4(10)2-8/h2-5,11H,1H3,(H,9,10);3-12H,1-2H2. The first-order valence-electron chi connectivity index (χ1n) is 6.73. The topological polar surface area (TPSA) is 171 Å². The van der Waals surface area contributed by atoms with Crippen LogP contribution >= 0.6 is 0 Å². The fourth-order valence-electron chi connectivity index (χ4n) is 1.42. The number of carbonyl (C=O) groups excluding carboxylic acids is 1. The summed E-state index contributed by atoms with van der Waals surface area (Å²) in [5.74, 6) is 0.0785. The molecule has 132 valence electrons. The van der Waals surface area contributed by atoms with E-state index < -0.39 is 37.6 Å². The largest absolute Gasteiger partial charge is 0.508 e. The molecule has 0 aliphatic carbocycles. The Kier molecular flexibility index (Phi) is 10.1. The van der Waals surface area contributed by atoms with Gasteiger partial charge in [0.25, 0.3) is 0 Å². The van der Waals surface area contributed by atoms with E-state index in [0.717, 1.165) is 0 Å². The highest BCUT2D eigenvalue weighted by Crippen LogP contribution is 2.13. The molecule has 4 unspecified atom stereocenters. The van der Waals surface area contributed by atoms with E-state index in [-0.39, 0.29) is 11.7 Å². The number of anilines is 1. The number of amides is 1. The second-order valence-corrected chi connectivity index (χ2v) is 4.71. The summed E-state index contributed by atoms with van der Waals surface area (Å²) in [4.78, 5) is 10.5. The molecule has 9 nitrogen and oxygen atoms in total. The molecule has 0 spiro atoms. The Morgan fingerprint density at radius 2 is 1.35 bits per heavy atom. The highest BCUT2D eigenvalue weighted by Gasteiger charge is 2.29. The third-order valence-electron chi connectivity index (χ3n) is 2.70. The number of aromatic hydroxyl groups is 1. The molecule has 0 fully saturated rings. The summed E-state index contributed by atoms with van der Waals surface area (Å²) in [7, 11) is 0. The molecule has 0 aliphatic heterocycles. The molecule has 1 aromatic rings. The van der Waals surface area contributed by atoms with Crippen molar-refractivity contribution in [2.45, 2.75) is 31.3 Å². The van der Waals surface area contributed by atoms with Gasteiger partial charge < -0.3 is 41.1 Å². The average Bonchev–Trinajstić information content (AvgIpc) is 2.54. The first-order valence-corrected chi connectivity index (χ1v) is 6.73. The fraction of sp³-hybridized carbons (Fsp3) is 0.500. The quantitative estimate of drug-likeness (QED) is 0.270. The van der Waals surface area contributed by atoms with Crippen LogP contribution in [0, 0.1) is 0 Å². The van der Waals surface area contributed by atoms with Crippen LogP contribution in [0.25, 0.3) is 0 Å². The van der Waals surface area contributed by atoms with Crippen molar-refractivity contribution in [3.8, 4) is 5.75 Å². The van der Waals surface area contributed by atoms with Gasteiger partial charge in [-0.25, -0.2) is 0 Å². The van der Waals surface area contributed by atoms with Crippen molar-refractivity contribution in [2.24, 2.45) is 0 Å². The van der Waals surface area contributed by atoms with Crippen LogP contribution in [0.4, 0.5) is 5.69 Å². The zero-order chi connectivity index (χ0) is 18.0. The van der Waals surface area contributed by atoms with Crippen molar-refractivity contribution in [1.29, 1.82) is 0 Å². The van der Waals surface area contributed by atoms with Crippen LogP contribution < -0.4 is 5.32 Å². The lowest BCUT2D eigenvalue weighted by Crippen LogP contribution is -2.46. The van der Waals surface area contributed by atoms with Gasteiger partial charge in [-0.2, -0.15) is 0 Å². The molecule has 0 saturated carbocycles. The van der Waals surface area contributed by atoms with Crippen LogP contribution in [0.15, 0.2) is 24.3 Å². The number of carbonyl (C=O) groups is 1. The first kappa shape index (κ1) is 21.2. The minimum atomic E-state index is -1.67. The molecule has 1 rings (SSSR count). The maximum Gasteiger partial charge on any atom is 0.221 e. The van der Waals surface area contributed by atoms with E-state index in [1.54, 1.807) is 12.1 Å². The highest BCUT2D eigenvalue weighted by molar-refractivity contribution is 5.88. The van der Waals surface area contributed by atoms with Crippen molar-refractivity contribution < 1.29 is 40.5 Å². The number of hydrogen-bond acceptors (Lipinski definition) is 8. The number of benzene rings is 1. The number of rotatable bonds is 6. The molecule has 4 atom stereocenters. The van der Waals surface area contributed by atoms with E-state index in [0.29, 0.717) is 5.69 Å². The SMILES string of the molecule is CC(=O)Nc1ccc(O)cc1.OCC(O)C(O)C(O)C(O)CO. The van der Waals surface area contributed by atoms with Crippen molar-refractivity contribution in [1.82, 2.24) is 0 Å². The van der Waals surface area contributed by atoms with Crippen LogP contribution in [0.3, 0.4) is 0 Å². The van der Waals surface area contributed by atoms with E-state index in [9.17, 15) is 4.79 Å². The molecule has 0 bridgehead atoms. The predicted octanol–water partition coefficient (Wildman–Crippen LogP) is -2.23. The molecule has 1 amide bonds. The van der Waals surface area contributed by atoms with Crippen LogP contribution in [0.2, 0.25) is 0 Å². The lowest BCUT2D eigenvalue weighted by molar-refractivity contribution is -0.123. The third-order valence-corrected chi connectivity index (χ3v) is 2.70. The van der Waals surface area contributed by atoms with Gasteiger partial charge in [-0.15, -0.1) is 0 Å². The van der Waals surface area contributed by atoms with Gasteiger partial charge in [-0.05, 0) is 24.3 Å². The lowest BCUT2D eigenvalue weighted by atomic mass is 10.0. The Bertz CT molecular complexity index is 439. The molecule has 0 saturated heterocycles. The van der Waals surface area contributed by atoms with Crippen molar-refractivity contribution in [2.75, 3.05) is 18.5 Å². The Labute approximate surface area is 133 Å². The minimum absolute atomic E-state index is 0.115. The number of nitrogens with one attached hydrogen (secondary N) is 1. The summed E-state index contributed by atoms with van der Waals surface area (Å²) in [6.07, 6.45) is -6.39. The Hall–Kier alpha value is -1.75. The Morgan fingerprint density at radius 1 is 0.957 bits per heavy atom. The van der Waals surface area contributed by atoms with E-state index in [2.05, 4.69) is 5.32 Å². The van der Waals surface area contributed by atoms with E-state index >= 15 is 0 Å². The molecule has 1 aromatic carbocycles. The van der Waals surface area contributed by atoms with Crippen LogP contribution in [0.1, 0.15) is 6.92 Å². The number of aliphatic hydroxyl groups excluding tert-OH is 6. The second kappa shape index (κ2) is 10.9. The summed E-state index contributed by atoms with van der Waals surface area (Å²) < 4.78 is 0. The van der Waals surface area contributed by atoms with Gasteiger partial charge in [0.05, 0.1) is 13.2 Å². The van der Waals surface area contributed by atoms with E-state index in [4.69, 9.17) is 35.7 Å². The van der Waals surface area contributed by atoms with Gasteiger partial charge in [0.15, 0.2) is 0 Å². The zero-order valence-electron chi connectivity index (χ0n) is 12.6. The van der Waals surface area contributed by atoms with Crippen molar-refractivity contribution in [3.63, 3.8) is 0 Å². The van der Waals surface area contributed by atoms with Crippen LogP contribution in [0.5, 0.6) is 5.75 Å². The van der Waals surface area contributed by atoms with Gasteiger partial charge in [0.1, 0.15) is 30.2 Å². The molecule has 0 heterocycles. The van der Waals surface area contributed by atoms with Gasteiger partial charge in [0.2, 0.25) is 5.91 Å². The first-order chi connectivity index (χ1) is 10.7. The van der Waals surface area contributed by atoms with E-state index in [1.165, 1.54) is 19.1 Å². The molecular formula is C14H23NO8. The summed E-state index contributed by atoms with van der Waals surface area (Å²) in [5.41, 5.74) is 0.690. The van der Waals surface area contributed by atoms with Crippen LogP contribution in [-0.2, 0) is 4.79 Å². The summed E-state index contributed by atoms with van der Waals surface area (Å²) >= 11 is 0. The molecule has 0 aliphatic rings. The minimum Gasteiger partial charge on any atom is -0.508 e. The zero-order valence-corrected chi connectivity index (χ0v) is 12.6. The number of phenolic OH excluding ortho intramolecular Hbond substituents is 1. The number of phenols is 1. The van der Waals surface area contributed by atoms with Crippen molar-refractivity contribution in [3.05, 3.63) is 24.3 Å². The Morgan fingerprint density at radius 3 is 1.65 bits per heavy atom. The normalized spacial score (nSPS) is 15.6. The molecule has 0 aromatic heterocycles. The smallest absolute Gasteiger partial charge is 0.221 e. The molecule has 0 radical (unpaired) electrons. The summed E-state index contributed by atoms with van der Waals surface area (Å²) in [6.45, 7) is -0.0143. The molecular weight excluding hydrogens is 310 g/mol. The van der Waals surface area contributed by atoms with Crippen LogP contribution in [-0.4, -0.2) is 79.3 Å². The van der Waals surface area contributed by atoms with Crippen molar-refractivity contribution >= 4 is 11.6 Å². The Balaban J connectivity index is 0.000000422. The predicted molar refractivity (Wildman–Crippen MR) is 80.6 cm³/mol. The van der Waals surface area contributed by atoms with Gasteiger partial charge in [-0.3, -0.25) is 4.79 Å². The third kappa shape index (κ3) is 8.45. The summed E-state index contributed by atoms with van der Waals surface area (Å²) in [6, 6.07) is 6.31. The fourth-order valence-corrected chi connectivity index (χ4v) is 1.42. The maximum atomic E-state index is 10.5. The monoisotopic (exact) mass is 333 g/mol. The highest BCUT2D eigenvalue weighted by atomic mass is 16.4. The number of hydrogen-bond donors (Lipinski definition) is 8. The number of aliphatic hydroxyl groups is 6. The molecule has 9 heteroatoms.